The summed E-state index contributed by atoms with van der Waals surface area (Å²) in [5, 5.41) is 4.66. The number of nitrogens with one attached hydrogen (secondary N) is 1. The Morgan fingerprint density at radius 3 is 2.68 bits per heavy atom. The molecule has 0 amide bonds. The Bertz CT molecular complexity index is 465. The van der Waals surface area contributed by atoms with Gasteiger partial charge in [0.05, 0.1) is 6.54 Å². The van der Waals surface area contributed by atoms with Crippen LogP contribution in [0.3, 0.4) is 0 Å². The summed E-state index contributed by atoms with van der Waals surface area (Å²) >= 11 is 3.83. The van der Waals surface area contributed by atoms with E-state index < -0.39 is 0 Å². The third-order valence-corrected chi connectivity index (χ3v) is 6.82. The molecule has 1 N–H and O–H groups in total. The monoisotopic (exact) mass is 294 g/mol. The predicted molar refractivity (Wildman–Crippen MR) is 86.3 cm³/mol. The van der Waals surface area contributed by atoms with Crippen molar-refractivity contribution in [1.82, 2.24) is 5.32 Å². The molecule has 4 heteroatoms. The standard InChI is InChI=1S/C15H22N2S2/c1-11-7-13(19-12(11)2)8-16-14-17-9-15(10-18-14)5-3-4-6-15/h7H,3-6,8-10H2,1-2H3,(H,16,17). The van der Waals surface area contributed by atoms with Crippen LogP contribution in [0.4, 0.5) is 0 Å². The van der Waals surface area contributed by atoms with Crippen molar-refractivity contribution < 1.29 is 0 Å². The molecule has 2 heterocycles. The number of aryl methyl sites for hydroxylation is 2. The van der Waals surface area contributed by atoms with Crippen LogP contribution in [0.5, 0.6) is 0 Å². The van der Waals surface area contributed by atoms with Crippen molar-refractivity contribution >= 4 is 28.3 Å². The molecule has 19 heavy (non-hydrogen) atoms. The molecule has 1 aromatic heterocycles. The minimum absolute atomic E-state index is 0.548. The summed E-state index contributed by atoms with van der Waals surface area (Å²) in [6.45, 7) is 6.36. The highest BCUT2D eigenvalue weighted by Gasteiger charge is 2.36. The smallest absolute Gasteiger partial charge is 0.156 e. The number of rotatable bonds is 2. The minimum Gasteiger partial charge on any atom is -0.360 e. The van der Waals surface area contributed by atoms with Crippen molar-refractivity contribution in [3.05, 3.63) is 21.4 Å². The van der Waals surface area contributed by atoms with Gasteiger partial charge in [0.1, 0.15) is 0 Å². The molecule has 3 rings (SSSR count). The van der Waals surface area contributed by atoms with Crippen LogP contribution in [0, 0.1) is 19.3 Å². The van der Waals surface area contributed by atoms with E-state index in [1.54, 1.807) is 0 Å². The number of aliphatic imine (C=N–C) groups is 1. The van der Waals surface area contributed by atoms with E-state index in [0.29, 0.717) is 5.41 Å². The zero-order valence-electron chi connectivity index (χ0n) is 11.8. The van der Waals surface area contributed by atoms with Crippen LogP contribution in [0.2, 0.25) is 0 Å². The van der Waals surface area contributed by atoms with Gasteiger partial charge in [-0.15, -0.1) is 11.3 Å². The van der Waals surface area contributed by atoms with E-state index in [0.717, 1.165) is 18.3 Å². The van der Waals surface area contributed by atoms with Crippen molar-refractivity contribution in [2.45, 2.75) is 46.1 Å². The van der Waals surface area contributed by atoms with Crippen LogP contribution in [0.1, 0.15) is 41.0 Å². The van der Waals surface area contributed by atoms with Gasteiger partial charge in [-0.05, 0) is 43.7 Å². The van der Waals surface area contributed by atoms with E-state index in [1.165, 1.54) is 46.8 Å². The maximum Gasteiger partial charge on any atom is 0.156 e. The fourth-order valence-corrected chi connectivity index (χ4v) is 5.13. The van der Waals surface area contributed by atoms with E-state index in [4.69, 9.17) is 4.99 Å². The summed E-state index contributed by atoms with van der Waals surface area (Å²) in [5.74, 6) is 1.27. The molecule has 0 radical (unpaired) electrons. The number of hydrogen-bond acceptors (Lipinski definition) is 4. The van der Waals surface area contributed by atoms with Crippen LogP contribution in [-0.4, -0.2) is 17.5 Å². The Labute approximate surface area is 124 Å². The van der Waals surface area contributed by atoms with Crippen molar-refractivity contribution in [3.63, 3.8) is 0 Å². The first-order valence-corrected chi connectivity index (χ1v) is 8.94. The average molecular weight is 294 g/mol. The van der Waals surface area contributed by atoms with Crippen LogP contribution < -0.4 is 5.32 Å². The molecule has 0 saturated heterocycles. The fourth-order valence-electron chi connectivity index (χ4n) is 2.99. The molecule has 1 aliphatic heterocycles. The van der Waals surface area contributed by atoms with Gasteiger partial charge in [-0.3, -0.25) is 4.99 Å². The van der Waals surface area contributed by atoms with Gasteiger partial charge in [-0.2, -0.15) is 0 Å². The molecule has 1 saturated carbocycles. The van der Waals surface area contributed by atoms with Gasteiger partial charge in [-0.25, -0.2) is 0 Å². The zero-order chi connectivity index (χ0) is 13.3. The summed E-state index contributed by atoms with van der Waals surface area (Å²) in [4.78, 5) is 7.63. The van der Waals surface area contributed by atoms with Gasteiger partial charge in [-0.1, -0.05) is 24.6 Å². The van der Waals surface area contributed by atoms with Gasteiger partial charge < -0.3 is 5.32 Å². The second-order valence-electron chi connectivity index (χ2n) is 5.92. The highest BCUT2D eigenvalue weighted by molar-refractivity contribution is 8.13. The lowest BCUT2D eigenvalue weighted by atomic mass is 9.89. The van der Waals surface area contributed by atoms with E-state index in [2.05, 4.69) is 25.2 Å². The molecule has 104 valence electrons. The number of nitrogens with zero attached hydrogens (tertiary/aromatic N) is 1. The molecule has 1 fully saturated rings. The number of hydrogen-bond donors (Lipinski definition) is 1. The van der Waals surface area contributed by atoms with Crippen molar-refractivity contribution in [2.75, 3.05) is 12.3 Å². The Hall–Kier alpha value is -0.480. The molecule has 1 aliphatic carbocycles. The lowest BCUT2D eigenvalue weighted by Gasteiger charge is -2.31. The molecule has 0 unspecified atom stereocenters. The van der Waals surface area contributed by atoms with Crippen LogP contribution in [0.15, 0.2) is 11.1 Å². The first kappa shape index (κ1) is 13.5. The molecular formula is C15H22N2S2. The molecule has 2 nitrogen and oxygen atoms in total. The van der Waals surface area contributed by atoms with Gasteiger partial charge in [0.15, 0.2) is 5.17 Å². The largest absolute Gasteiger partial charge is 0.360 e. The highest BCUT2D eigenvalue weighted by Crippen LogP contribution is 2.43. The molecule has 0 bridgehead atoms. The molecule has 2 aliphatic rings. The van der Waals surface area contributed by atoms with Crippen LogP contribution in [0.25, 0.3) is 0 Å². The molecule has 0 atom stereocenters. The summed E-state index contributed by atoms with van der Waals surface area (Å²) in [7, 11) is 0. The Morgan fingerprint density at radius 2 is 2.11 bits per heavy atom. The predicted octanol–water partition coefficient (Wildman–Crippen LogP) is 4.12. The van der Waals surface area contributed by atoms with E-state index in [1.807, 2.05) is 23.1 Å². The van der Waals surface area contributed by atoms with Crippen molar-refractivity contribution in [1.29, 1.82) is 0 Å². The normalized spacial score (nSPS) is 21.7. The first-order valence-electron chi connectivity index (χ1n) is 7.14. The SMILES string of the molecule is Cc1cc(CNC2=NCC3(CCCC3)CS2)sc1C. The van der Waals surface area contributed by atoms with Crippen molar-refractivity contribution in [3.8, 4) is 0 Å². The zero-order valence-corrected chi connectivity index (χ0v) is 13.4. The Kier molecular flexibility index (Phi) is 3.90. The minimum atomic E-state index is 0.548. The van der Waals surface area contributed by atoms with Gasteiger partial charge in [0, 0.05) is 22.1 Å². The molecule has 0 aromatic carbocycles. The quantitative estimate of drug-likeness (QED) is 0.887. The maximum absolute atomic E-state index is 4.78. The molecule has 1 aromatic rings. The van der Waals surface area contributed by atoms with E-state index >= 15 is 0 Å². The third-order valence-electron chi connectivity index (χ3n) is 4.37. The summed E-state index contributed by atoms with van der Waals surface area (Å²) < 4.78 is 0. The Morgan fingerprint density at radius 1 is 1.32 bits per heavy atom. The highest BCUT2D eigenvalue weighted by atomic mass is 32.2. The maximum atomic E-state index is 4.78. The lowest BCUT2D eigenvalue weighted by molar-refractivity contribution is 0.358. The van der Waals surface area contributed by atoms with Crippen LogP contribution in [-0.2, 0) is 6.54 Å². The Balaban J connectivity index is 1.55. The van der Waals surface area contributed by atoms with E-state index in [9.17, 15) is 0 Å². The molecule has 1 spiro atoms. The van der Waals surface area contributed by atoms with Gasteiger partial charge >= 0.3 is 0 Å². The van der Waals surface area contributed by atoms with Crippen molar-refractivity contribution in [2.24, 2.45) is 10.4 Å². The second kappa shape index (κ2) is 5.49. The average Bonchev–Trinajstić information content (AvgIpc) is 2.98. The topological polar surface area (TPSA) is 24.4 Å². The fraction of sp³-hybridized carbons (Fsp3) is 0.667. The number of amidine groups is 1. The molecular weight excluding hydrogens is 272 g/mol. The number of thioether (sulfide) groups is 1. The summed E-state index contributed by atoms with van der Waals surface area (Å²) in [6, 6.07) is 2.29. The third kappa shape index (κ3) is 3.00. The van der Waals surface area contributed by atoms with Crippen LogP contribution >= 0.6 is 23.1 Å². The lowest BCUT2D eigenvalue weighted by Crippen LogP contribution is -2.33. The van der Waals surface area contributed by atoms with Gasteiger partial charge in [0.25, 0.3) is 0 Å². The number of thiophene rings is 1. The summed E-state index contributed by atoms with van der Waals surface area (Å²) in [6.07, 6.45) is 5.60. The van der Waals surface area contributed by atoms with Gasteiger partial charge in [0.2, 0.25) is 0 Å². The first-order chi connectivity index (χ1) is 9.17. The second-order valence-corrected chi connectivity index (χ2v) is 8.23. The van der Waals surface area contributed by atoms with E-state index in [-0.39, 0.29) is 0 Å². The summed E-state index contributed by atoms with van der Waals surface area (Å²) in [5.41, 5.74) is 1.95.